The number of non-ortho nitro benzene ring substituents is 1. The highest BCUT2D eigenvalue weighted by Crippen LogP contribution is 2.62. The molecule has 4 aliphatic rings. The van der Waals surface area contributed by atoms with Crippen LogP contribution in [0.3, 0.4) is 0 Å². The molecule has 70 heavy (non-hydrogen) atoms. The SMILES string of the molecule is C=CCCOC(=O)N(Cc1ccc2c(c1)OCO2)[C@H]1CC(=NOCc2ccc([N+](=O)[O-])cc2)C2=C[C@H](CCCCO)[C@@H](CCCCO)[C@@H]3c4cc(Oc5cccc(C=O)c5)ccc4O[C@@]1(OCC=C)[C@H]23. The summed E-state index contributed by atoms with van der Waals surface area (Å²) < 4.78 is 38.4. The van der Waals surface area contributed by atoms with E-state index in [1.54, 1.807) is 65.6 Å². The van der Waals surface area contributed by atoms with E-state index >= 15 is 0 Å². The minimum atomic E-state index is -1.60. The van der Waals surface area contributed by atoms with Gasteiger partial charge in [-0.1, -0.05) is 54.4 Å². The summed E-state index contributed by atoms with van der Waals surface area (Å²) in [6.45, 7) is 8.12. The van der Waals surface area contributed by atoms with Crippen molar-refractivity contribution in [3.63, 3.8) is 0 Å². The van der Waals surface area contributed by atoms with Crippen LogP contribution in [0.4, 0.5) is 10.5 Å². The van der Waals surface area contributed by atoms with Crippen molar-refractivity contribution in [1.29, 1.82) is 0 Å². The van der Waals surface area contributed by atoms with Gasteiger partial charge < -0.3 is 43.5 Å². The van der Waals surface area contributed by atoms with Gasteiger partial charge >= 0.3 is 6.09 Å². The number of aliphatic hydroxyl groups excluding tert-OH is 2. The monoisotopic (exact) mass is 957 g/mol. The molecule has 2 heterocycles. The van der Waals surface area contributed by atoms with Gasteiger partial charge in [0.1, 0.15) is 36.2 Å². The van der Waals surface area contributed by atoms with E-state index in [9.17, 15) is 29.9 Å². The Kier molecular flexibility index (Phi) is 16.3. The molecule has 1 amide bonds. The summed E-state index contributed by atoms with van der Waals surface area (Å²) in [5.74, 6) is -0.135. The number of carbonyl (C=O) groups excluding carboxylic acids is 2. The molecule has 2 aliphatic carbocycles. The van der Waals surface area contributed by atoms with Gasteiger partial charge in [-0.25, -0.2) is 4.79 Å². The van der Waals surface area contributed by atoms with E-state index in [4.69, 9.17) is 38.4 Å². The van der Waals surface area contributed by atoms with E-state index in [0.717, 1.165) is 35.8 Å². The van der Waals surface area contributed by atoms with Crippen LogP contribution in [0.2, 0.25) is 0 Å². The van der Waals surface area contributed by atoms with Crippen LogP contribution >= 0.6 is 0 Å². The molecule has 368 valence electrons. The van der Waals surface area contributed by atoms with E-state index in [0.29, 0.717) is 77.7 Å². The number of aldehydes is 1. The fraction of sp³-hybridized carbons (Fsp3) is 0.389. The fourth-order valence-corrected chi connectivity index (χ4v) is 10.2. The van der Waals surface area contributed by atoms with Crippen LogP contribution in [-0.2, 0) is 27.5 Å². The van der Waals surface area contributed by atoms with Crippen molar-refractivity contribution in [1.82, 2.24) is 4.90 Å². The summed E-state index contributed by atoms with van der Waals surface area (Å²) in [5.41, 5.74) is 3.97. The predicted octanol–water partition coefficient (Wildman–Crippen LogP) is 9.98. The molecule has 1 saturated carbocycles. The molecule has 16 nitrogen and oxygen atoms in total. The fourth-order valence-electron chi connectivity index (χ4n) is 10.2. The highest BCUT2D eigenvalue weighted by atomic mass is 16.7. The molecular weight excluding hydrogens is 899 g/mol. The Morgan fingerprint density at radius 2 is 1.66 bits per heavy atom. The molecule has 8 rings (SSSR count). The molecule has 0 saturated heterocycles. The molecule has 0 radical (unpaired) electrons. The number of oxime groups is 1. The van der Waals surface area contributed by atoms with Crippen molar-refractivity contribution in [2.24, 2.45) is 22.9 Å². The second-order valence-corrected chi connectivity index (χ2v) is 17.8. The van der Waals surface area contributed by atoms with Gasteiger partial charge in [-0.2, -0.15) is 0 Å². The second-order valence-electron chi connectivity index (χ2n) is 17.8. The standard InChI is InChI=1S/C54H59N3O13/c1-3-5-26-64-53(61)56(32-37-17-21-48-49(28-37)66-35-65-48)50-31-46(55-68-34-36-15-18-40(19-16-36)57(62)63)44-29-39(12-6-8-23-58)43(14-7-9-24-59)51-45-30-42(69-41-13-10-11-38(27-41)33-60)20-22-47(45)70-54(50,52(44)51)67-25-4-2/h3-4,10-11,13,15-22,27-30,33,39,43,50-52,58-59H,1-2,5-9,12,14,23-26,31-32,34-35H2/t39-,43+,50-,51+,52+,54+/m0/s1. The van der Waals surface area contributed by atoms with Gasteiger partial charge in [-0.15, -0.1) is 13.2 Å². The van der Waals surface area contributed by atoms with E-state index in [-0.39, 0.29) is 76.2 Å². The Hall–Kier alpha value is -7.01. The number of nitro groups is 1. The van der Waals surface area contributed by atoms with E-state index in [1.807, 2.05) is 24.3 Å². The zero-order valence-electron chi connectivity index (χ0n) is 39.0. The molecule has 16 heteroatoms. The third kappa shape index (κ3) is 10.9. The average molecular weight is 958 g/mol. The number of benzene rings is 4. The molecule has 0 spiro atoms. The third-order valence-electron chi connectivity index (χ3n) is 13.4. The minimum Gasteiger partial charge on any atom is -0.459 e. The largest absolute Gasteiger partial charge is 0.459 e. The summed E-state index contributed by atoms with van der Waals surface area (Å²) in [7, 11) is 0. The van der Waals surface area contributed by atoms with E-state index in [1.165, 1.54) is 12.1 Å². The quantitative estimate of drug-likeness (QED) is 0.0221. The van der Waals surface area contributed by atoms with Crippen molar-refractivity contribution in [3.8, 4) is 28.7 Å². The number of unbranched alkanes of at least 4 members (excludes halogenated alkanes) is 2. The first kappa shape index (κ1) is 49.4. The Bertz CT molecular complexity index is 2580. The van der Waals surface area contributed by atoms with Crippen molar-refractivity contribution in [3.05, 3.63) is 154 Å². The summed E-state index contributed by atoms with van der Waals surface area (Å²) >= 11 is 0. The maximum atomic E-state index is 14.9. The second kappa shape index (κ2) is 23.1. The van der Waals surface area contributed by atoms with Crippen LogP contribution in [0.1, 0.15) is 84.3 Å². The van der Waals surface area contributed by atoms with Crippen LogP contribution in [0.25, 0.3) is 0 Å². The average Bonchev–Trinajstić information content (AvgIpc) is 3.85. The number of hydrogen-bond acceptors (Lipinski definition) is 14. The van der Waals surface area contributed by atoms with Crippen LogP contribution < -0.4 is 18.9 Å². The summed E-state index contributed by atoms with van der Waals surface area (Å²) in [6, 6.07) is 23.2. The normalized spacial score (nSPS) is 22.1. The molecule has 6 atom stereocenters. The number of nitrogens with zero attached hydrogens (tertiary/aromatic N) is 3. The molecule has 4 aromatic rings. The summed E-state index contributed by atoms with van der Waals surface area (Å²) in [6.07, 6.45) is 10.3. The van der Waals surface area contributed by atoms with Gasteiger partial charge in [-0.3, -0.25) is 19.8 Å². The number of fused-ring (bicyclic) bond motifs is 3. The molecule has 1 fully saturated rings. The van der Waals surface area contributed by atoms with Gasteiger partial charge in [0, 0.05) is 55.4 Å². The predicted molar refractivity (Wildman–Crippen MR) is 259 cm³/mol. The zero-order chi connectivity index (χ0) is 49.0. The molecule has 0 unspecified atom stereocenters. The van der Waals surface area contributed by atoms with Crippen molar-refractivity contribution >= 4 is 23.8 Å². The number of nitro benzene ring substituents is 1. The summed E-state index contributed by atoms with van der Waals surface area (Å²) in [4.78, 5) is 45.4. The van der Waals surface area contributed by atoms with E-state index in [2.05, 4.69) is 19.2 Å². The zero-order valence-corrected chi connectivity index (χ0v) is 39.0. The summed E-state index contributed by atoms with van der Waals surface area (Å²) in [5, 5.41) is 36.4. The molecular formula is C54H59N3O13. The lowest BCUT2D eigenvalue weighted by Gasteiger charge is -2.59. The van der Waals surface area contributed by atoms with Gasteiger partial charge in [-0.05, 0) is 115 Å². The number of ether oxygens (including phenoxy) is 6. The Balaban J connectivity index is 1.33. The Morgan fingerprint density at radius 3 is 2.41 bits per heavy atom. The van der Waals surface area contributed by atoms with Gasteiger partial charge in [0.25, 0.3) is 5.69 Å². The maximum absolute atomic E-state index is 14.9. The number of hydrogen-bond donors (Lipinski definition) is 2. The third-order valence-corrected chi connectivity index (χ3v) is 13.4. The number of carbonyl (C=O) groups is 2. The first-order valence-electron chi connectivity index (χ1n) is 23.8. The maximum Gasteiger partial charge on any atom is 0.410 e. The van der Waals surface area contributed by atoms with Gasteiger partial charge in [0.15, 0.2) is 11.5 Å². The molecule has 2 aliphatic heterocycles. The first-order chi connectivity index (χ1) is 34.2. The van der Waals surface area contributed by atoms with Crippen LogP contribution in [0.15, 0.2) is 127 Å². The highest BCUT2D eigenvalue weighted by molar-refractivity contribution is 6.03. The number of amides is 1. The number of allylic oxidation sites excluding steroid dienone is 1. The molecule has 2 N–H and O–H groups in total. The number of rotatable bonds is 24. The van der Waals surface area contributed by atoms with Gasteiger partial charge in [0.05, 0.1) is 29.8 Å². The number of aliphatic hydroxyl groups is 2. The first-order valence-corrected chi connectivity index (χ1v) is 23.8. The lowest BCUT2D eigenvalue weighted by molar-refractivity contribution is -0.384. The molecule has 4 aromatic carbocycles. The lowest BCUT2D eigenvalue weighted by Crippen LogP contribution is -2.70. The van der Waals surface area contributed by atoms with Crippen LogP contribution in [0, 0.1) is 27.9 Å². The highest BCUT2D eigenvalue weighted by Gasteiger charge is 2.65. The molecule has 0 aromatic heterocycles. The Morgan fingerprint density at radius 1 is 0.900 bits per heavy atom. The van der Waals surface area contributed by atoms with Crippen LogP contribution in [-0.4, -0.2) is 83.2 Å². The van der Waals surface area contributed by atoms with Gasteiger partial charge in [0.2, 0.25) is 12.6 Å². The van der Waals surface area contributed by atoms with Crippen molar-refractivity contribution in [2.45, 2.75) is 82.3 Å². The van der Waals surface area contributed by atoms with Crippen LogP contribution in [0.5, 0.6) is 28.7 Å². The topological polar surface area (TPSA) is 198 Å². The van der Waals surface area contributed by atoms with E-state index < -0.39 is 28.8 Å². The smallest absolute Gasteiger partial charge is 0.410 e. The minimum absolute atomic E-state index is 0.00873. The van der Waals surface area contributed by atoms with Crippen molar-refractivity contribution < 1.29 is 58.0 Å². The molecule has 0 bridgehead atoms. The lowest BCUT2D eigenvalue weighted by atomic mass is 9.55. The van der Waals surface area contributed by atoms with Crippen molar-refractivity contribution in [2.75, 3.05) is 33.2 Å². The Labute approximate surface area is 406 Å².